The van der Waals surface area contributed by atoms with Crippen LogP contribution >= 0.6 is 0 Å². The molecular formula is C56H69N4O15S4+. The van der Waals surface area contributed by atoms with E-state index in [0.717, 1.165) is 27.6 Å². The van der Waals surface area contributed by atoms with E-state index >= 15 is 0 Å². The molecule has 2 aromatic carbocycles. The lowest BCUT2D eigenvalue weighted by Crippen LogP contribution is -2.38. The highest BCUT2D eigenvalue weighted by Crippen LogP contribution is 2.52. The molecule has 0 spiro atoms. The summed E-state index contributed by atoms with van der Waals surface area (Å²) in [4.78, 5) is 38.8. The number of rotatable bonds is 29. The summed E-state index contributed by atoms with van der Waals surface area (Å²) in [6.45, 7) is 4.93. The number of unbranched alkanes of at least 4 members (excludes halogenated alkanes) is 4. The van der Waals surface area contributed by atoms with E-state index < -0.39 is 74.6 Å². The highest BCUT2D eigenvalue weighted by Gasteiger charge is 2.48. The number of nitrogens with one attached hydrogen (secondary N) is 1. The van der Waals surface area contributed by atoms with E-state index in [-0.39, 0.29) is 48.1 Å². The van der Waals surface area contributed by atoms with Crippen molar-refractivity contribution < 1.29 is 70.8 Å². The van der Waals surface area contributed by atoms with Crippen LogP contribution in [0.1, 0.15) is 102 Å². The molecule has 79 heavy (non-hydrogen) atoms. The van der Waals surface area contributed by atoms with Gasteiger partial charge < -0.3 is 10.2 Å². The van der Waals surface area contributed by atoms with E-state index in [1.54, 1.807) is 36.4 Å². The first-order chi connectivity index (χ1) is 37.2. The Labute approximate surface area is 463 Å². The maximum atomic E-state index is 12.7. The minimum atomic E-state index is -4.63. The molecule has 6 rings (SSSR count). The maximum Gasteiger partial charge on any atom is 0.294 e. The normalized spacial score (nSPS) is 21.0. The molecule has 0 bridgehead atoms. The quantitative estimate of drug-likeness (QED) is 0.0170. The predicted octanol–water partition coefficient (Wildman–Crippen LogP) is 7.97. The number of hydrogen-bond acceptors (Lipinski definition) is 12. The van der Waals surface area contributed by atoms with Gasteiger partial charge in [-0.25, -0.2) is 0 Å². The van der Waals surface area contributed by atoms with Crippen LogP contribution in [0, 0.1) is 0 Å². The molecule has 23 heteroatoms. The standard InChI is InChI=1S/C56H68N4O15S4/c1-55(33-15-18-39-76(64,65)66)46-41-44(78(70,71)72)27-29-48(46)58(36-17-9-14-26-52(61)57-35-38-60-53(62)31-32-54(60)63)50(55)24-12-7-4-8-13-25-51-56(2,34-16-19-40-77(67,68)69)47-42-45(79(73,74)75)28-30-49(47)59(51)37-20-23-43-21-10-5-3-6-11-22-43/h3-8,10-13,21-22,24-25,27-32,41-42H,9,14-20,23,26,33-40H2,1-2H3,(H4-,57,61,64,65,66,67,68,69,70,71,72,73,74,75)/p+1/b5-3-,6-3?,10-5?,11-6-,21-10?,22-11?,43-21?,43-22?. The molecule has 4 aliphatic rings. The van der Waals surface area contributed by atoms with Crippen molar-refractivity contribution in [1.82, 2.24) is 10.2 Å². The summed E-state index contributed by atoms with van der Waals surface area (Å²) >= 11 is 0. The second-order valence-corrected chi connectivity index (χ2v) is 26.1. The van der Waals surface area contributed by atoms with Gasteiger partial charge in [-0.1, -0.05) is 92.2 Å². The van der Waals surface area contributed by atoms with E-state index in [9.17, 15) is 66.3 Å². The van der Waals surface area contributed by atoms with E-state index in [1.165, 1.54) is 36.4 Å². The summed E-state index contributed by atoms with van der Waals surface area (Å²) in [5.74, 6) is -2.05. The van der Waals surface area contributed by atoms with Crippen molar-refractivity contribution in [3.05, 3.63) is 156 Å². The lowest BCUT2D eigenvalue weighted by Gasteiger charge is -2.30. The molecule has 0 radical (unpaired) electrons. The molecule has 0 fully saturated rings. The van der Waals surface area contributed by atoms with Gasteiger partial charge in [-0.15, -0.1) is 0 Å². The summed E-state index contributed by atoms with van der Waals surface area (Å²) in [7, 11) is -17.7. The number of imide groups is 1. The average Bonchev–Trinajstić information content (AvgIpc) is 3.74. The van der Waals surface area contributed by atoms with Crippen LogP contribution in [0.5, 0.6) is 0 Å². The Hall–Kier alpha value is -6.18. The lowest BCUT2D eigenvalue weighted by molar-refractivity contribution is -0.438. The van der Waals surface area contributed by atoms with Crippen LogP contribution < -0.4 is 10.2 Å². The molecule has 3 amide bonds. The maximum absolute atomic E-state index is 12.7. The smallest absolute Gasteiger partial charge is 0.294 e. The Morgan fingerprint density at radius 3 is 1.87 bits per heavy atom. The monoisotopic (exact) mass is 1170 g/mol. The Morgan fingerprint density at radius 2 is 1.22 bits per heavy atom. The van der Waals surface area contributed by atoms with Crippen molar-refractivity contribution in [3.63, 3.8) is 0 Å². The summed E-state index contributed by atoms with van der Waals surface area (Å²) in [6.07, 6.45) is 33.8. The zero-order chi connectivity index (χ0) is 57.7. The molecule has 3 aliphatic heterocycles. The van der Waals surface area contributed by atoms with Crippen LogP contribution in [-0.2, 0) is 65.7 Å². The third kappa shape index (κ3) is 17.2. The summed E-state index contributed by atoms with van der Waals surface area (Å²) in [5.41, 5.74) is 3.42. The molecule has 0 saturated heterocycles. The highest BCUT2D eigenvalue weighted by atomic mass is 32.2. The van der Waals surface area contributed by atoms with Crippen molar-refractivity contribution in [2.24, 2.45) is 0 Å². The number of carbonyl (C=O) groups excluding carboxylic acids is 3. The molecule has 19 nitrogen and oxygen atoms in total. The molecule has 0 aromatic heterocycles. The Morgan fingerprint density at radius 1 is 0.620 bits per heavy atom. The van der Waals surface area contributed by atoms with Crippen molar-refractivity contribution in [3.8, 4) is 0 Å². The van der Waals surface area contributed by atoms with Gasteiger partial charge in [-0.2, -0.15) is 38.2 Å². The average molecular weight is 1170 g/mol. The minimum Gasteiger partial charge on any atom is -0.354 e. The molecule has 0 saturated carbocycles. The molecule has 2 unspecified atom stereocenters. The van der Waals surface area contributed by atoms with E-state index in [2.05, 4.69) is 9.89 Å². The summed E-state index contributed by atoms with van der Waals surface area (Å²) in [6, 6.07) is 8.79. The third-order valence-corrected chi connectivity index (χ3v) is 17.7. The number of benzene rings is 2. The van der Waals surface area contributed by atoms with Gasteiger partial charge in [-0.3, -0.25) is 37.5 Å². The predicted molar refractivity (Wildman–Crippen MR) is 302 cm³/mol. The second-order valence-electron chi connectivity index (χ2n) is 20.1. The number of fused-ring (bicyclic) bond motifs is 2. The summed E-state index contributed by atoms with van der Waals surface area (Å²) in [5, 5.41) is 2.74. The van der Waals surface area contributed by atoms with Gasteiger partial charge in [0.05, 0.1) is 26.7 Å². The fraction of sp³-hybridized carbons (Fsp3) is 0.393. The van der Waals surface area contributed by atoms with E-state index in [4.69, 9.17) is 0 Å². The fourth-order valence-corrected chi connectivity index (χ4v) is 12.5. The molecule has 426 valence electrons. The molecule has 5 N–H and O–H groups in total. The van der Waals surface area contributed by atoms with Crippen molar-refractivity contribution in [2.45, 2.75) is 112 Å². The number of allylic oxidation sites excluding steroid dienone is 16. The van der Waals surface area contributed by atoms with Crippen LogP contribution in [0.15, 0.2) is 155 Å². The van der Waals surface area contributed by atoms with Gasteiger partial charge in [0.25, 0.3) is 52.3 Å². The van der Waals surface area contributed by atoms with Crippen LogP contribution in [0.25, 0.3) is 0 Å². The van der Waals surface area contributed by atoms with Crippen molar-refractivity contribution in [2.75, 3.05) is 42.6 Å². The molecule has 2 atom stereocenters. The topological polar surface area (TPSA) is 290 Å². The van der Waals surface area contributed by atoms with Crippen LogP contribution in [-0.4, -0.2) is 122 Å². The van der Waals surface area contributed by atoms with Crippen molar-refractivity contribution in [1.29, 1.82) is 0 Å². The van der Waals surface area contributed by atoms with E-state index in [1.807, 2.05) is 79.5 Å². The first-order valence-electron chi connectivity index (χ1n) is 26.0. The highest BCUT2D eigenvalue weighted by molar-refractivity contribution is 7.86. The number of nitrogens with zero attached hydrogens (tertiary/aromatic N) is 3. The first kappa shape index (κ1) is 62.0. The van der Waals surface area contributed by atoms with Gasteiger partial charge in [0.1, 0.15) is 6.54 Å². The molecular weight excluding hydrogens is 1100 g/mol. The Kier molecular flexibility index (Phi) is 21.1. The first-order valence-corrected chi connectivity index (χ1v) is 32.1. The zero-order valence-electron chi connectivity index (χ0n) is 44.2. The number of amides is 3. The number of hydrogen-bond donors (Lipinski definition) is 5. The van der Waals surface area contributed by atoms with Gasteiger partial charge in [0, 0.05) is 79.1 Å². The van der Waals surface area contributed by atoms with E-state index in [0.29, 0.717) is 87.7 Å². The number of carbonyl (C=O) groups is 3. The second kappa shape index (κ2) is 26.9. The van der Waals surface area contributed by atoms with Crippen molar-refractivity contribution >= 4 is 75.3 Å². The van der Waals surface area contributed by atoms with Gasteiger partial charge >= 0.3 is 0 Å². The fourth-order valence-electron chi connectivity index (χ4n) is 10.4. The SMILES string of the molecule is CC1(CCCCS(=O)(=O)O)C(/C=C/C=C/C=C/C=C2/N(CCCCCC(=O)NCCN3C(=O)C=CC3=O)c3ccc(S(=O)(=O)O)cc3C2(C)CCCCS(=O)(=O)O)=[N+](CCCC2=C/C=C\C=C/C=C2)c2ccc(S(=O)(=O)O)cc21. The molecule has 1 aliphatic carbocycles. The number of anilines is 1. The van der Waals surface area contributed by atoms with Gasteiger partial charge in [0.15, 0.2) is 5.71 Å². The Balaban J connectivity index is 1.28. The largest absolute Gasteiger partial charge is 0.354 e. The molecule has 2 aromatic rings. The van der Waals surface area contributed by atoms with Gasteiger partial charge in [0.2, 0.25) is 11.6 Å². The Bertz CT molecular complexity index is 3420. The minimum absolute atomic E-state index is 0.0484. The van der Waals surface area contributed by atoms with Crippen LogP contribution in [0.4, 0.5) is 11.4 Å². The van der Waals surface area contributed by atoms with Gasteiger partial charge in [-0.05, 0) is 106 Å². The zero-order valence-corrected chi connectivity index (χ0v) is 47.4. The third-order valence-electron chi connectivity index (χ3n) is 14.4. The summed E-state index contributed by atoms with van der Waals surface area (Å²) < 4.78 is 138. The van der Waals surface area contributed by atoms with Crippen LogP contribution in [0.2, 0.25) is 0 Å². The lowest BCUT2D eigenvalue weighted by atomic mass is 9.75. The molecule has 3 heterocycles. The van der Waals surface area contributed by atoms with Crippen LogP contribution in [0.3, 0.4) is 0 Å².